The van der Waals surface area contributed by atoms with Crippen molar-refractivity contribution >= 4 is 0 Å². The zero-order chi connectivity index (χ0) is 9.10. The monoisotopic (exact) mass is 179 g/mol. The third kappa shape index (κ3) is 1.91. The second-order valence-electron chi connectivity index (χ2n) is 3.68. The quantitative estimate of drug-likeness (QED) is 0.760. The fraction of sp³-hybridized carbons (Fsp3) is 0.700. The summed E-state index contributed by atoms with van der Waals surface area (Å²) in [5, 5.41) is 3.54. The maximum Gasteiger partial charge on any atom is 0.0948 e. The van der Waals surface area contributed by atoms with Crippen LogP contribution < -0.4 is 5.32 Å². The summed E-state index contributed by atoms with van der Waals surface area (Å²) >= 11 is 0. The first-order valence-corrected chi connectivity index (χ1v) is 5.12. The van der Waals surface area contributed by atoms with Crippen molar-refractivity contribution in [1.82, 2.24) is 14.9 Å². The van der Waals surface area contributed by atoms with Gasteiger partial charge in [-0.1, -0.05) is 6.42 Å². The molecule has 0 radical (unpaired) electrons. The molecule has 3 heteroatoms. The Morgan fingerprint density at radius 1 is 1.62 bits per heavy atom. The zero-order valence-corrected chi connectivity index (χ0v) is 8.16. The van der Waals surface area contributed by atoms with E-state index >= 15 is 0 Å². The highest BCUT2D eigenvalue weighted by atomic mass is 15.1. The molecule has 1 N–H and O–H groups in total. The van der Waals surface area contributed by atoms with Crippen LogP contribution in [0.15, 0.2) is 12.5 Å². The van der Waals surface area contributed by atoms with Crippen LogP contribution in [0, 0.1) is 0 Å². The fourth-order valence-corrected chi connectivity index (χ4v) is 1.64. The number of aromatic nitrogens is 2. The number of hydrogen-bond donors (Lipinski definition) is 1. The molecular weight excluding hydrogens is 162 g/mol. The van der Waals surface area contributed by atoms with Gasteiger partial charge in [-0.25, -0.2) is 4.98 Å². The Morgan fingerprint density at radius 3 is 3.08 bits per heavy atom. The minimum atomic E-state index is 0.764. The van der Waals surface area contributed by atoms with Crippen molar-refractivity contribution in [1.29, 1.82) is 0 Å². The fourth-order valence-electron chi connectivity index (χ4n) is 1.64. The second-order valence-corrected chi connectivity index (χ2v) is 3.68. The van der Waals surface area contributed by atoms with Crippen LogP contribution in [0.5, 0.6) is 0 Å². The third-order valence-electron chi connectivity index (χ3n) is 2.82. The summed E-state index contributed by atoms with van der Waals surface area (Å²) in [6.45, 7) is 4.13. The molecule has 0 bridgehead atoms. The van der Waals surface area contributed by atoms with Crippen LogP contribution in [-0.2, 0) is 13.1 Å². The van der Waals surface area contributed by atoms with Crippen molar-refractivity contribution < 1.29 is 0 Å². The van der Waals surface area contributed by atoms with E-state index in [0.717, 1.165) is 19.1 Å². The van der Waals surface area contributed by atoms with Crippen molar-refractivity contribution in [3.05, 3.63) is 18.2 Å². The van der Waals surface area contributed by atoms with E-state index in [-0.39, 0.29) is 0 Å². The SMILES string of the molecule is CCn1cncc1CNC1CCC1. The molecule has 3 nitrogen and oxygen atoms in total. The Labute approximate surface area is 79.2 Å². The molecule has 1 aromatic heterocycles. The van der Waals surface area contributed by atoms with Gasteiger partial charge in [0.2, 0.25) is 0 Å². The lowest BCUT2D eigenvalue weighted by Gasteiger charge is -2.26. The molecule has 0 atom stereocenters. The van der Waals surface area contributed by atoms with Gasteiger partial charge in [0.05, 0.1) is 12.0 Å². The lowest BCUT2D eigenvalue weighted by Crippen LogP contribution is -2.34. The molecule has 1 saturated carbocycles. The largest absolute Gasteiger partial charge is 0.334 e. The van der Waals surface area contributed by atoms with Gasteiger partial charge in [0.1, 0.15) is 0 Å². The number of aryl methyl sites for hydroxylation is 1. The van der Waals surface area contributed by atoms with Gasteiger partial charge in [0.25, 0.3) is 0 Å². The highest BCUT2D eigenvalue weighted by Gasteiger charge is 2.16. The first-order chi connectivity index (χ1) is 6.40. The normalized spacial score (nSPS) is 17.3. The average molecular weight is 179 g/mol. The predicted octanol–water partition coefficient (Wildman–Crippen LogP) is 1.55. The minimum Gasteiger partial charge on any atom is -0.334 e. The van der Waals surface area contributed by atoms with Crippen molar-refractivity contribution in [2.45, 2.75) is 45.3 Å². The Hall–Kier alpha value is -0.830. The molecule has 0 unspecified atom stereocenters. The van der Waals surface area contributed by atoms with Crippen LogP contribution in [0.2, 0.25) is 0 Å². The first kappa shape index (κ1) is 8.75. The van der Waals surface area contributed by atoms with E-state index in [1.807, 2.05) is 12.5 Å². The first-order valence-electron chi connectivity index (χ1n) is 5.12. The van der Waals surface area contributed by atoms with Gasteiger partial charge < -0.3 is 9.88 Å². The van der Waals surface area contributed by atoms with Crippen LogP contribution in [-0.4, -0.2) is 15.6 Å². The lowest BCUT2D eigenvalue weighted by atomic mass is 9.93. The molecule has 1 aliphatic rings. The van der Waals surface area contributed by atoms with E-state index in [2.05, 4.69) is 21.8 Å². The number of imidazole rings is 1. The number of nitrogens with zero attached hydrogens (tertiary/aromatic N) is 2. The summed E-state index contributed by atoms with van der Waals surface area (Å²) in [7, 11) is 0. The van der Waals surface area contributed by atoms with E-state index in [1.165, 1.54) is 25.0 Å². The molecule has 0 aromatic carbocycles. The van der Waals surface area contributed by atoms with Crippen LogP contribution in [0.1, 0.15) is 31.9 Å². The highest BCUT2D eigenvalue weighted by molar-refractivity contribution is 4.98. The van der Waals surface area contributed by atoms with Gasteiger partial charge in [0.15, 0.2) is 0 Å². The van der Waals surface area contributed by atoms with Crippen molar-refractivity contribution in [3.8, 4) is 0 Å². The summed E-state index contributed by atoms with van der Waals surface area (Å²) < 4.78 is 2.19. The van der Waals surface area contributed by atoms with Crippen molar-refractivity contribution in [2.75, 3.05) is 0 Å². The molecule has 13 heavy (non-hydrogen) atoms. The van der Waals surface area contributed by atoms with E-state index in [1.54, 1.807) is 0 Å². The van der Waals surface area contributed by atoms with Crippen LogP contribution in [0.25, 0.3) is 0 Å². The summed E-state index contributed by atoms with van der Waals surface area (Å²) in [6, 6.07) is 0.764. The molecule has 72 valence electrons. The summed E-state index contributed by atoms with van der Waals surface area (Å²) in [6.07, 6.45) is 7.94. The van der Waals surface area contributed by atoms with Crippen LogP contribution >= 0.6 is 0 Å². The zero-order valence-electron chi connectivity index (χ0n) is 8.16. The molecule has 2 rings (SSSR count). The van der Waals surface area contributed by atoms with Crippen molar-refractivity contribution in [2.24, 2.45) is 0 Å². The molecule has 1 heterocycles. The van der Waals surface area contributed by atoms with Crippen LogP contribution in [0.3, 0.4) is 0 Å². The van der Waals surface area contributed by atoms with E-state index < -0.39 is 0 Å². The molecule has 0 spiro atoms. The third-order valence-corrected chi connectivity index (χ3v) is 2.82. The maximum atomic E-state index is 4.14. The van der Waals surface area contributed by atoms with Gasteiger partial charge in [-0.05, 0) is 19.8 Å². The summed E-state index contributed by atoms with van der Waals surface area (Å²) in [5.74, 6) is 0. The predicted molar refractivity (Wildman–Crippen MR) is 52.4 cm³/mol. The smallest absolute Gasteiger partial charge is 0.0948 e. The Balaban J connectivity index is 1.85. The maximum absolute atomic E-state index is 4.14. The number of rotatable bonds is 4. The number of hydrogen-bond acceptors (Lipinski definition) is 2. The molecule has 1 aromatic rings. The standard InChI is InChI=1S/C10H17N3/c1-2-13-8-11-6-10(13)7-12-9-4-3-5-9/h6,8-9,12H,2-5,7H2,1H3. The summed E-state index contributed by atoms with van der Waals surface area (Å²) in [5.41, 5.74) is 1.30. The molecular formula is C10H17N3. The highest BCUT2D eigenvalue weighted by Crippen LogP contribution is 2.18. The summed E-state index contributed by atoms with van der Waals surface area (Å²) in [4.78, 5) is 4.14. The van der Waals surface area contributed by atoms with Gasteiger partial charge in [-0.2, -0.15) is 0 Å². The van der Waals surface area contributed by atoms with E-state index in [4.69, 9.17) is 0 Å². The Kier molecular flexibility index (Phi) is 2.64. The lowest BCUT2D eigenvalue weighted by molar-refractivity contribution is 0.335. The average Bonchev–Trinajstić information content (AvgIpc) is 2.49. The number of nitrogens with one attached hydrogen (secondary N) is 1. The second kappa shape index (κ2) is 3.92. The Morgan fingerprint density at radius 2 is 2.46 bits per heavy atom. The minimum absolute atomic E-state index is 0.764. The molecule has 0 aliphatic heterocycles. The molecule has 0 saturated heterocycles. The van der Waals surface area contributed by atoms with Gasteiger partial charge in [-0.15, -0.1) is 0 Å². The topological polar surface area (TPSA) is 29.9 Å². The van der Waals surface area contributed by atoms with Gasteiger partial charge >= 0.3 is 0 Å². The molecule has 0 amide bonds. The van der Waals surface area contributed by atoms with E-state index in [0.29, 0.717) is 0 Å². The molecule has 1 fully saturated rings. The van der Waals surface area contributed by atoms with E-state index in [9.17, 15) is 0 Å². The Bertz CT molecular complexity index is 263. The van der Waals surface area contributed by atoms with Gasteiger partial charge in [0, 0.05) is 25.3 Å². The van der Waals surface area contributed by atoms with Crippen LogP contribution in [0.4, 0.5) is 0 Å². The van der Waals surface area contributed by atoms with Crippen molar-refractivity contribution in [3.63, 3.8) is 0 Å². The molecule has 1 aliphatic carbocycles. The van der Waals surface area contributed by atoms with Gasteiger partial charge in [-0.3, -0.25) is 0 Å².